The summed E-state index contributed by atoms with van der Waals surface area (Å²) in [5, 5.41) is 9.42. The second-order valence-corrected chi connectivity index (χ2v) is 5.92. The van der Waals surface area contributed by atoms with E-state index in [9.17, 15) is 4.79 Å². The molecule has 0 heterocycles. The van der Waals surface area contributed by atoms with Crippen molar-refractivity contribution in [1.82, 2.24) is 0 Å². The van der Waals surface area contributed by atoms with E-state index in [2.05, 4.69) is 12.1 Å². The highest BCUT2D eigenvalue weighted by atomic mass is 32.2. The first kappa shape index (κ1) is 13.2. The second-order valence-electron chi connectivity index (χ2n) is 4.63. The summed E-state index contributed by atoms with van der Waals surface area (Å²) in [5.74, 6) is 0.125. The summed E-state index contributed by atoms with van der Waals surface area (Å²) in [4.78, 5) is 10.5. The van der Waals surface area contributed by atoms with E-state index in [1.54, 1.807) is 6.08 Å². The van der Waals surface area contributed by atoms with Gasteiger partial charge < -0.3 is 5.11 Å². The Morgan fingerprint density at radius 3 is 2.89 bits per heavy atom. The number of hydrogen-bond donors (Lipinski definition) is 1. The maximum Gasteiger partial charge on any atom is 0.328 e. The lowest BCUT2D eigenvalue weighted by Gasteiger charge is -2.08. The Kier molecular flexibility index (Phi) is 4.88. The van der Waals surface area contributed by atoms with Crippen LogP contribution in [0.2, 0.25) is 0 Å². The molecule has 1 N–H and O–H groups in total. The van der Waals surface area contributed by atoms with Gasteiger partial charge in [-0.25, -0.2) is 4.79 Å². The third-order valence-corrected chi connectivity index (χ3v) is 4.60. The molecule has 1 aliphatic carbocycles. The molecule has 1 aliphatic rings. The van der Waals surface area contributed by atoms with Gasteiger partial charge in [0.05, 0.1) is 0 Å². The Morgan fingerprint density at radius 1 is 1.39 bits per heavy atom. The lowest BCUT2D eigenvalue weighted by Crippen LogP contribution is -1.95. The van der Waals surface area contributed by atoms with Crippen LogP contribution in [0, 0.1) is 0 Å². The van der Waals surface area contributed by atoms with Crippen LogP contribution in [0.25, 0.3) is 6.08 Å². The van der Waals surface area contributed by atoms with Crippen LogP contribution in [0.5, 0.6) is 0 Å². The van der Waals surface area contributed by atoms with Gasteiger partial charge in [0, 0.05) is 17.1 Å². The fourth-order valence-corrected chi connectivity index (χ4v) is 3.50. The molecular weight excluding hydrogens is 244 g/mol. The summed E-state index contributed by atoms with van der Waals surface area (Å²) in [6.45, 7) is 0. The van der Waals surface area contributed by atoms with Crippen LogP contribution >= 0.6 is 11.8 Å². The van der Waals surface area contributed by atoms with Gasteiger partial charge in [-0.2, -0.15) is 11.8 Å². The molecule has 0 amide bonds. The van der Waals surface area contributed by atoms with E-state index in [4.69, 9.17) is 5.11 Å². The fraction of sp³-hybridized carbons (Fsp3) is 0.400. The standard InChI is InChI=1S/C15H18O2S/c16-15(17)9-8-12-4-3-5-13(10-12)11-18-14-6-1-2-7-14/h3-5,8-10,14H,1-2,6-7,11H2,(H,16,17). The van der Waals surface area contributed by atoms with Crippen LogP contribution in [-0.2, 0) is 10.5 Å². The zero-order valence-electron chi connectivity index (χ0n) is 10.3. The molecule has 0 bridgehead atoms. The molecule has 1 aromatic rings. The molecule has 0 aromatic heterocycles. The summed E-state index contributed by atoms with van der Waals surface area (Å²) >= 11 is 2.03. The molecule has 2 nitrogen and oxygen atoms in total. The highest BCUT2D eigenvalue weighted by Crippen LogP contribution is 2.31. The van der Waals surface area contributed by atoms with Crippen LogP contribution in [0.4, 0.5) is 0 Å². The number of carboxylic acids is 1. The van der Waals surface area contributed by atoms with E-state index in [1.165, 1.54) is 37.3 Å². The molecule has 0 spiro atoms. The zero-order valence-corrected chi connectivity index (χ0v) is 11.2. The normalized spacial score (nSPS) is 16.4. The highest BCUT2D eigenvalue weighted by molar-refractivity contribution is 7.99. The van der Waals surface area contributed by atoms with E-state index in [0.29, 0.717) is 0 Å². The lowest BCUT2D eigenvalue weighted by molar-refractivity contribution is -0.131. The fourth-order valence-electron chi connectivity index (χ4n) is 2.22. The van der Waals surface area contributed by atoms with Gasteiger partial charge >= 0.3 is 5.97 Å². The summed E-state index contributed by atoms with van der Waals surface area (Å²) in [6, 6.07) is 8.11. The van der Waals surface area contributed by atoms with Crippen LogP contribution < -0.4 is 0 Å². The number of rotatable bonds is 5. The Balaban J connectivity index is 1.91. The van der Waals surface area contributed by atoms with Crippen molar-refractivity contribution in [2.45, 2.75) is 36.7 Å². The number of carbonyl (C=O) groups is 1. The monoisotopic (exact) mass is 262 g/mol. The molecule has 18 heavy (non-hydrogen) atoms. The summed E-state index contributed by atoms with van der Waals surface area (Å²) in [7, 11) is 0. The summed E-state index contributed by atoms with van der Waals surface area (Å²) in [5.41, 5.74) is 2.24. The molecule has 0 aliphatic heterocycles. The van der Waals surface area contributed by atoms with Crippen LogP contribution in [0.3, 0.4) is 0 Å². The van der Waals surface area contributed by atoms with E-state index in [1.807, 2.05) is 23.9 Å². The number of carboxylic acid groups (broad SMARTS) is 1. The Morgan fingerprint density at radius 2 is 2.17 bits per heavy atom. The minimum Gasteiger partial charge on any atom is -0.478 e. The maximum atomic E-state index is 10.5. The molecule has 1 aromatic carbocycles. The van der Waals surface area contributed by atoms with Crippen molar-refractivity contribution in [3.8, 4) is 0 Å². The first-order chi connectivity index (χ1) is 8.74. The van der Waals surface area contributed by atoms with Crippen molar-refractivity contribution >= 4 is 23.8 Å². The maximum absolute atomic E-state index is 10.5. The quantitative estimate of drug-likeness (QED) is 0.816. The average molecular weight is 262 g/mol. The molecule has 2 rings (SSSR count). The van der Waals surface area contributed by atoms with Gasteiger partial charge in [0.15, 0.2) is 0 Å². The number of hydrogen-bond acceptors (Lipinski definition) is 2. The van der Waals surface area contributed by atoms with Gasteiger partial charge in [0.25, 0.3) is 0 Å². The van der Waals surface area contributed by atoms with Crippen molar-refractivity contribution in [3.05, 3.63) is 41.5 Å². The molecule has 0 unspecified atom stereocenters. The van der Waals surface area contributed by atoms with E-state index < -0.39 is 5.97 Å². The predicted octanol–water partition coefficient (Wildman–Crippen LogP) is 3.96. The third-order valence-electron chi connectivity index (χ3n) is 3.16. The highest BCUT2D eigenvalue weighted by Gasteiger charge is 2.14. The summed E-state index contributed by atoms with van der Waals surface area (Å²) < 4.78 is 0. The SMILES string of the molecule is O=C(O)C=Cc1cccc(CSC2CCCC2)c1. The van der Waals surface area contributed by atoms with Crippen molar-refractivity contribution in [1.29, 1.82) is 0 Å². The minimum absolute atomic E-state index is 0.822. The van der Waals surface area contributed by atoms with Gasteiger partial charge in [-0.1, -0.05) is 37.1 Å². The van der Waals surface area contributed by atoms with Gasteiger partial charge in [-0.15, -0.1) is 0 Å². The number of aliphatic carboxylic acids is 1. The van der Waals surface area contributed by atoms with Crippen molar-refractivity contribution in [2.75, 3.05) is 0 Å². The Bertz CT molecular complexity index is 434. The van der Waals surface area contributed by atoms with Gasteiger partial charge in [-0.3, -0.25) is 0 Å². The van der Waals surface area contributed by atoms with Crippen molar-refractivity contribution in [2.24, 2.45) is 0 Å². The van der Waals surface area contributed by atoms with Crippen molar-refractivity contribution < 1.29 is 9.90 Å². The minimum atomic E-state index is -0.902. The third kappa shape index (κ3) is 4.22. The largest absolute Gasteiger partial charge is 0.478 e. The lowest BCUT2D eigenvalue weighted by atomic mass is 10.1. The molecular formula is C15H18O2S. The van der Waals surface area contributed by atoms with E-state index >= 15 is 0 Å². The molecule has 0 atom stereocenters. The molecule has 3 heteroatoms. The molecule has 1 saturated carbocycles. The van der Waals surface area contributed by atoms with Crippen molar-refractivity contribution in [3.63, 3.8) is 0 Å². The molecule has 96 valence electrons. The Labute approximate surface area is 112 Å². The van der Waals surface area contributed by atoms with Gasteiger partial charge in [0.2, 0.25) is 0 Å². The number of benzene rings is 1. The topological polar surface area (TPSA) is 37.3 Å². The van der Waals surface area contributed by atoms with Crippen LogP contribution in [0.1, 0.15) is 36.8 Å². The first-order valence-electron chi connectivity index (χ1n) is 6.35. The second kappa shape index (κ2) is 6.64. The van der Waals surface area contributed by atoms with Crippen LogP contribution in [0.15, 0.2) is 30.3 Å². The predicted molar refractivity (Wildman–Crippen MR) is 76.7 cm³/mol. The molecule has 1 fully saturated rings. The van der Waals surface area contributed by atoms with E-state index in [0.717, 1.165) is 16.6 Å². The first-order valence-corrected chi connectivity index (χ1v) is 7.40. The molecule has 0 saturated heterocycles. The number of thioether (sulfide) groups is 1. The van der Waals surface area contributed by atoms with Gasteiger partial charge in [-0.05, 0) is 30.0 Å². The molecule has 0 radical (unpaired) electrons. The summed E-state index contributed by atoms with van der Waals surface area (Å²) in [6.07, 6.45) is 8.28. The zero-order chi connectivity index (χ0) is 12.8. The van der Waals surface area contributed by atoms with Gasteiger partial charge in [0.1, 0.15) is 0 Å². The smallest absolute Gasteiger partial charge is 0.328 e. The Hall–Kier alpha value is -1.22. The average Bonchev–Trinajstić information content (AvgIpc) is 2.87. The van der Waals surface area contributed by atoms with E-state index in [-0.39, 0.29) is 0 Å². The van der Waals surface area contributed by atoms with Crippen LogP contribution in [-0.4, -0.2) is 16.3 Å².